The van der Waals surface area contributed by atoms with Crippen molar-refractivity contribution in [1.29, 1.82) is 0 Å². The van der Waals surface area contributed by atoms with Crippen molar-refractivity contribution in [3.8, 4) is 33.4 Å². The van der Waals surface area contributed by atoms with E-state index in [-0.39, 0.29) is 0 Å². The molecule has 13 rings (SSSR count). The third kappa shape index (κ3) is 4.88. The Kier molecular flexibility index (Phi) is 7.32. The maximum absolute atomic E-state index is 2.39. The SMILES string of the molecule is c1ccc2c(c1)-c1ccccc1C2(c1ccc(-c2ccc3c4ccccc4c4ccccc4c3c2)cc1)c1ccc(-c2ccc3c4ccccc4c4ccccc4c3c2)cc1. The van der Waals surface area contributed by atoms with Gasteiger partial charge >= 0.3 is 0 Å². The van der Waals surface area contributed by atoms with Crippen molar-refractivity contribution in [2.75, 3.05) is 0 Å². The summed E-state index contributed by atoms with van der Waals surface area (Å²) in [6.07, 6.45) is 0. The van der Waals surface area contributed by atoms with E-state index in [1.807, 2.05) is 0 Å². The maximum atomic E-state index is 2.39. The normalized spacial score (nSPS) is 13.0. The fourth-order valence-corrected chi connectivity index (χ4v) is 11.0. The fourth-order valence-electron chi connectivity index (χ4n) is 11.0. The van der Waals surface area contributed by atoms with E-state index in [0.717, 1.165) is 0 Å². The molecular formula is C61H38. The Morgan fingerprint density at radius 1 is 0.197 bits per heavy atom. The minimum absolute atomic E-state index is 0.485. The Labute approximate surface area is 354 Å². The van der Waals surface area contributed by atoms with E-state index in [1.54, 1.807) is 0 Å². The van der Waals surface area contributed by atoms with Gasteiger partial charge in [-0.25, -0.2) is 0 Å². The van der Waals surface area contributed by atoms with Crippen LogP contribution in [0.25, 0.3) is 98.0 Å². The first-order chi connectivity index (χ1) is 30.3. The Morgan fingerprint density at radius 3 is 0.803 bits per heavy atom. The Balaban J connectivity index is 0.961. The number of hydrogen-bond acceptors (Lipinski definition) is 0. The number of rotatable bonds is 4. The highest BCUT2D eigenvalue weighted by molar-refractivity contribution is 6.27. The maximum Gasteiger partial charge on any atom is 0.0713 e. The lowest BCUT2D eigenvalue weighted by Gasteiger charge is -2.34. The van der Waals surface area contributed by atoms with Gasteiger partial charge in [0, 0.05) is 0 Å². The summed E-state index contributed by atoms with van der Waals surface area (Å²) in [4.78, 5) is 0. The van der Waals surface area contributed by atoms with Crippen LogP contribution in [-0.4, -0.2) is 0 Å². The molecule has 0 unspecified atom stereocenters. The van der Waals surface area contributed by atoms with Gasteiger partial charge in [0.1, 0.15) is 0 Å². The summed E-state index contributed by atoms with van der Waals surface area (Å²) in [5, 5.41) is 15.6. The van der Waals surface area contributed by atoms with Crippen LogP contribution in [0, 0.1) is 0 Å². The van der Waals surface area contributed by atoms with E-state index < -0.39 is 5.41 Å². The van der Waals surface area contributed by atoms with Crippen LogP contribution < -0.4 is 0 Å². The highest BCUT2D eigenvalue weighted by atomic mass is 14.5. The molecule has 0 aromatic heterocycles. The minimum atomic E-state index is -0.485. The van der Waals surface area contributed by atoms with Gasteiger partial charge in [0.15, 0.2) is 0 Å². The third-order valence-corrected chi connectivity index (χ3v) is 13.7. The second kappa shape index (κ2) is 13.1. The first-order valence-electron chi connectivity index (χ1n) is 21.3. The monoisotopic (exact) mass is 770 g/mol. The van der Waals surface area contributed by atoms with Crippen LogP contribution in [0.4, 0.5) is 0 Å². The number of benzene rings is 12. The zero-order valence-corrected chi connectivity index (χ0v) is 33.4. The van der Waals surface area contributed by atoms with Crippen LogP contribution in [0.3, 0.4) is 0 Å². The van der Waals surface area contributed by atoms with Crippen molar-refractivity contribution in [3.05, 3.63) is 253 Å². The highest BCUT2D eigenvalue weighted by Crippen LogP contribution is 2.56. The van der Waals surface area contributed by atoms with E-state index in [0.29, 0.717) is 0 Å². The molecule has 61 heavy (non-hydrogen) atoms. The molecule has 0 saturated heterocycles. The Bertz CT molecular complexity index is 3420. The zero-order chi connectivity index (χ0) is 40.1. The van der Waals surface area contributed by atoms with Crippen molar-refractivity contribution in [1.82, 2.24) is 0 Å². The molecular weight excluding hydrogens is 733 g/mol. The lowest BCUT2D eigenvalue weighted by Crippen LogP contribution is -2.28. The minimum Gasteiger partial charge on any atom is -0.0619 e. The number of hydrogen-bond donors (Lipinski definition) is 0. The predicted molar refractivity (Wildman–Crippen MR) is 260 cm³/mol. The molecule has 1 aliphatic carbocycles. The second-order valence-electron chi connectivity index (χ2n) is 16.7. The molecule has 0 fully saturated rings. The molecule has 0 N–H and O–H groups in total. The van der Waals surface area contributed by atoms with Gasteiger partial charge in [-0.3, -0.25) is 0 Å². The van der Waals surface area contributed by atoms with Gasteiger partial charge in [0.05, 0.1) is 5.41 Å². The lowest BCUT2D eigenvalue weighted by molar-refractivity contribution is 0.769. The topological polar surface area (TPSA) is 0 Å². The van der Waals surface area contributed by atoms with E-state index in [1.165, 1.54) is 120 Å². The molecule has 0 spiro atoms. The van der Waals surface area contributed by atoms with Gasteiger partial charge in [-0.1, -0.05) is 218 Å². The van der Waals surface area contributed by atoms with Crippen molar-refractivity contribution in [2.24, 2.45) is 0 Å². The highest BCUT2D eigenvalue weighted by Gasteiger charge is 2.45. The van der Waals surface area contributed by atoms with Crippen LogP contribution >= 0.6 is 0 Å². The molecule has 0 amide bonds. The molecule has 0 radical (unpaired) electrons. The largest absolute Gasteiger partial charge is 0.0713 e. The average molecular weight is 771 g/mol. The van der Waals surface area contributed by atoms with Gasteiger partial charge in [-0.15, -0.1) is 0 Å². The van der Waals surface area contributed by atoms with Gasteiger partial charge < -0.3 is 0 Å². The molecule has 0 atom stereocenters. The van der Waals surface area contributed by atoms with Crippen LogP contribution in [0.15, 0.2) is 231 Å². The molecule has 12 aromatic rings. The van der Waals surface area contributed by atoms with Crippen LogP contribution in [0.2, 0.25) is 0 Å². The van der Waals surface area contributed by atoms with Gasteiger partial charge in [-0.2, -0.15) is 0 Å². The summed E-state index contributed by atoms with van der Waals surface area (Å²) in [7, 11) is 0. The molecule has 0 saturated carbocycles. The molecule has 0 heteroatoms. The average Bonchev–Trinajstić information content (AvgIpc) is 3.65. The summed E-state index contributed by atoms with van der Waals surface area (Å²) >= 11 is 0. The molecule has 12 aromatic carbocycles. The molecule has 282 valence electrons. The fraction of sp³-hybridized carbons (Fsp3) is 0.0164. The van der Waals surface area contributed by atoms with Crippen LogP contribution in [0.5, 0.6) is 0 Å². The lowest BCUT2D eigenvalue weighted by atomic mass is 9.67. The smallest absolute Gasteiger partial charge is 0.0619 e. The van der Waals surface area contributed by atoms with E-state index in [2.05, 4.69) is 231 Å². The van der Waals surface area contributed by atoms with E-state index >= 15 is 0 Å². The molecule has 0 nitrogen and oxygen atoms in total. The molecule has 0 aliphatic heterocycles. The Hall–Kier alpha value is -7.80. The van der Waals surface area contributed by atoms with E-state index in [9.17, 15) is 0 Å². The van der Waals surface area contributed by atoms with Crippen LogP contribution in [-0.2, 0) is 5.41 Å². The summed E-state index contributed by atoms with van der Waals surface area (Å²) in [5.41, 5.74) is 12.2. The summed E-state index contributed by atoms with van der Waals surface area (Å²) in [6.45, 7) is 0. The Morgan fingerprint density at radius 2 is 0.459 bits per heavy atom. The van der Waals surface area contributed by atoms with Crippen molar-refractivity contribution >= 4 is 64.6 Å². The third-order valence-electron chi connectivity index (χ3n) is 13.7. The first-order valence-corrected chi connectivity index (χ1v) is 21.3. The molecule has 1 aliphatic rings. The number of fused-ring (bicyclic) bond motifs is 15. The quantitative estimate of drug-likeness (QED) is 0.156. The summed E-state index contributed by atoms with van der Waals surface area (Å²) in [6, 6.07) is 86.2. The summed E-state index contributed by atoms with van der Waals surface area (Å²) < 4.78 is 0. The zero-order valence-electron chi connectivity index (χ0n) is 33.4. The van der Waals surface area contributed by atoms with E-state index in [4.69, 9.17) is 0 Å². The van der Waals surface area contributed by atoms with Crippen molar-refractivity contribution in [2.45, 2.75) is 5.41 Å². The van der Waals surface area contributed by atoms with Crippen molar-refractivity contribution < 1.29 is 0 Å². The standard InChI is InChI=1S/C61H38/c1-3-17-49-45(13-1)47-15-5-7-19-51(47)57-37-41(29-35-53(49)57)39-25-31-43(32-26-39)61(59-23-11-9-21-55(59)56-22-10-12-24-60(56)61)44-33-27-40(28-34-44)42-30-36-54-50-18-4-2-14-46(50)48-16-6-8-20-52(48)58(54)38-42/h1-38H. The van der Waals surface area contributed by atoms with Gasteiger partial charge in [0.25, 0.3) is 0 Å². The van der Waals surface area contributed by atoms with Crippen molar-refractivity contribution in [3.63, 3.8) is 0 Å². The van der Waals surface area contributed by atoms with Gasteiger partial charge in [-0.05, 0) is 132 Å². The first kappa shape index (κ1) is 34.1. The summed E-state index contributed by atoms with van der Waals surface area (Å²) in [5.74, 6) is 0. The van der Waals surface area contributed by atoms with Gasteiger partial charge in [0.2, 0.25) is 0 Å². The van der Waals surface area contributed by atoms with Crippen LogP contribution in [0.1, 0.15) is 22.3 Å². The second-order valence-corrected chi connectivity index (χ2v) is 16.7. The molecule has 0 bridgehead atoms. The predicted octanol–water partition coefficient (Wildman–Crippen LogP) is 16.3. The molecule has 0 heterocycles.